The molecule has 31 heavy (non-hydrogen) atoms. The van der Waals surface area contributed by atoms with E-state index in [9.17, 15) is 13.6 Å². The summed E-state index contributed by atoms with van der Waals surface area (Å²) < 4.78 is 41.4. The molecule has 2 aromatic rings. The third-order valence-corrected chi connectivity index (χ3v) is 4.85. The van der Waals surface area contributed by atoms with Gasteiger partial charge in [0.1, 0.15) is 18.2 Å². The topological polar surface area (TPSA) is 85.8 Å². The summed E-state index contributed by atoms with van der Waals surface area (Å²) in [5.41, 5.74) is 0.984. The van der Waals surface area contributed by atoms with Crippen LogP contribution in [0.2, 0.25) is 0 Å². The summed E-state index contributed by atoms with van der Waals surface area (Å²) in [6, 6.07) is 7.50. The van der Waals surface area contributed by atoms with Gasteiger partial charge in [0.2, 0.25) is 11.7 Å². The van der Waals surface area contributed by atoms with Crippen LogP contribution in [0.5, 0.6) is 17.4 Å². The third-order valence-electron chi connectivity index (χ3n) is 4.85. The predicted octanol–water partition coefficient (Wildman–Crippen LogP) is 2.98. The maximum absolute atomic E-state index is 12.5. The Balaban J connectivity index is 1.63. The number of alkyl halides is 2. The lowest BCUT2D eigenvalue weighted by Gasteiger charge is -2.21. The molecule has 0 aliphatic carbocycles. The molecule has 1 N–H and O–H groups in total. The van der Waals surface area contributed by atoms with E-state index < -0.39 is 13.0 Å². The van der Waals surface area contributed by atoms with Gasteiger partial charge in [0.25, 0.3) is 12.3 Å². The van der Waals surface area contributed by atoms with Gasteiger partial charge in [-0.3, -0.25) is 4.79 Å². The number of anilines is 1. The monoisotopic (exact) mass is 436 g/mol. The molecular formula is C21H26F2N4O4. The number of benzene rings is 1. The Morgan fingerprint density at radius 3 is 2.68 bits per heavy atom. The second-order valence-electron chi connectivity index (χ2n) is 7.20. The average Bonchev–Trinajstić information content (AvgIpc) is 3.20. The van der Waals surface area contributed by atoms with E-state index in [1.54, 1.807) is 0 Å². The van der Waals surface area contributed by atoms with Crippen LogP contribution in [0.4, 0.5) is 14.6 Å². The maximum atomic E-state index is 12.5. The number of carbonyl (C=O) groups excluding carboxylic acids is 1. The van der Waals surface area contributed by atoms with Crippen molar-refractivity contribution in [1.29, 1.82) is 0 Å². The number of nitrogens with zero attached hydrogens (tertiary/aromatic N) is 3. The number of carbonyl (C=O) groups is 1. The van der Waals surface area contributed by atoms with Crippen LogP contribution in [-0.2, 0) is 4.79 Å². The summed E-state index contributed by atoms with van der Waals surface area (Å²) >= 11 is 0. The van der Waals surface area contributed by atoms with Gasteiger partial charge in [0.15, 0.2) is 12.4 Å². The smallest absolute Gasteiger partial charge is 0.272 e. The van der Waals surface area contributed by atoms with Crippen molar-refractivity contribution in [3.63, 3.8) is 0 Å². The zero-order chi connectivity index (χ0) is 22.4. The molecule has 0 saturated carbocycles. The van der Waals surface area contributed by atoms with Gasteiger partial charge in [0.05, 0.1) is 19.7 Å². The van der Waals surface area contributed by atoms with Gasteiger partial charge < -0.3 is 24.4 Å². The third kappa shape index (κ3) is 5.93. The Morgan fingerprint density at radius 1 is 1.29 bits per heavy atom. The number of methoxy groups -OCH3 is 1. The Labute approximate surface area is 179 Å². The lowest BCUT2D eigenvalue weighted by atomic mass is 10.1. The lowest BCUT2D eigenvalue weighted by Crippen LogP contribution is -2.26. The zero-order valence-electron chi connectivity index (χ0n) is 17.7. The van der Waals surface area contributed by atoms with Crippen molar-refractivity contribution in [2.75, 3.05) is 31.7 Å². The van der Waals surface area contributed by atoms with E-state index >= 15 is 0 Å². The highest BCUT2D eigenvalue weighted by Crippen LogP contribution is 2.36. The van der Waals surface area contributed by atoms with Crippen LogP contribution in [0, 0.1) is 0 Å². The quantitative estimate of drug-likeness (QED) is 0.647. The number of halogens is 2. The highest BCUT2D eigenvalue weighted by molar-refractivity contribution is 5.73. The first kappa shape index (κ1) is 22.5. The number of rotatable bonds is 9. The number of hydrogen-bond donors (Lipinski definition) is 1. The van der Waals surface area contributed by atoms with Crippen LogP contribution >= 0.6 is 0 Å². The molecule has 3 rings (SSSR count). The molecule has 1 aliphatic heterocycles. The van der Waals surface area contributed by atoms with Crippen molar-refractivity contribution < 1.29 is 27.8 Å². The van der Waals surface area contributed by atoms with E-state index in [1.807, 2.05) is 36.1 Å². The van der Waals surface area contributed by atoms with E-state index in [0.29, 0.717) is 18.9 Å². The van der Waals surface area contributed by atoms with Gasteiger partial charge in [0, 0.05) is 19.9 Å². The van der Waals surface area contributed by atoms with Crippen molar-refractivity contribution >= 4 is 11.7 Å². The summed E-state index contributed by atoms with van der Waals surface area (Å²) in [4.78, 5) is 21.3. The molecule has 0 radical (unpaired) electrons. The summed E-state index contributed by atoms with van der Waals surface area (Å²) in [6.07, 6.45) is -0.671. The normalized spacial score (nSPS) is 16.8. The first-order valence-electron chi connectivity index (χ1n) is 9.96. The number of ether oxygens (including phenoxy) is 3. The minimum absolute atomic E-state index is 0.0129. The number of hydrogen-bond acceptors (Lipinski definition) is 7. The molecule has 8 nitrogen and oxygen atoms in total. The molecular weight excluding hydrogens is 410 g/mol. The summed E-state index contributed by atoms with van der Waals surface area (Å²) in [5, 5.41) is 2.84. The van der Waals surface area contributed by atoms with Crippen LogP contribution in [-0.4, -0.2) is 55.2 Å². The van der Waals surface area contributed by atoms with Crippen molar-refractivity contribution in [3.8, 4) is 17.4 Å². The predicted molar refractivity (Wildman–Crippen MR) is 110 cm³/mol. The molecule has 1 aliphatic rings. The van der Waals surface area contributed by atoms with Crippen LogP contribution in [0.1, 0.15) is 31.9 Å². The summed E-state index contributed by atoms with van der Waals surface area (Å²) in [5.74, 6) is 1.33. The second kappa shape index (κ2) is 10.2. The number of amides is 1. The lowest BCUT2D eigenvalue weighted by molar-refractivity contribution is -0.119. The zero-order valence-corrected chi connectivity index (χ0v) is 17.7. The van der Waals surface area contributed by atoms with Gasteiger partial charge in [-0.1, -0.05) is 12.1 Å². The van der Waals surface area contributed by atoms with E-state index in [4.69, 9.17) is 14.2 Å². The molecule has 0 spiro atoms. The maximum Gasteiger partial charge on any atom is 0.272 e. The van der Waals surface area contributed by atoms with Crippen LogP contribution in [0.3, 0.4) is 0 Å². The van der Waals surface area contributed by atoms with Crippen molar-refractivity contribution in [2.24, 2.45) is 0 Å². The fourth-order valence-electron chi connectivity index (χ4n) is 3.43. The van der Waals surface area contributed by atoms with E-state index in [-0.39, 0.29) is 29.7 Å². The largest absolute Gasteiger partial charge is 0.489 e. The highest BCUT2D eigenvalue weighted by atomic mass is 19.3. The fourth-order valence-corrected chi connectivity index (χ4v) is 3.43. The molecule has 1 saturated heterocycles. The SMILES string of the molecule is COc1c(OCC(F)F)ncnc1N1CC[C@@H](Oc2ccc([C@H](C)NC(C)=O)cc2)C1. The summed E-state index contributed by atoms with van der Waals surface area (Å²) in [7, 11) is 1.42. The van der Waals surface area contributed by atoms with Gasteiger partial charge in [-0.05, 0) is 24.6 Å². The molecule has 1 fully saturated rings. The van der Waals surface area contributed by atoms with Gasteiger partial charge in [-0.15, -0.1) is 0 Å². The molecule has 1 aromatic carbocycles. The average molecular weight is 436 g/mol. The van der Waals surface area contributed by atoms with Crippen molar-refractivity contribution in [2.45, 2.75) is 38.8 Å². The molecule has 1 amide bonds. The highest BCUT2D eigenvalue weighted by Gasteiger charge is 2.29. The molecule has 168 valence electrons. The Bertz CT molecular complexity index is 882. The van der Waals surface area contributed by atoms with Gasteiger partial charge in [-0.2, -0.15) is 4.98 Å². The van der Waals surface area contributed by atoms with Crippen LogP contribution in [0.25, 0.3) is 0 Å². The molecule has 2 heterocycles. The Hall–Kier alpha value is -3.17. The molecule has 0 unspecified atom stereocenters. The molecule has 0 bridgehead atoms. The number of aromatic nitrogens is 2. The summed E-state index contributed by atoms with van der Waals surface area (Å²) in [6.45, 7) is 3.84. The minimum Gasteiger partial charge on any atom is -0.489 e. The first-order valence-corrected chi connectivity index (χ1v) is 9.96. The van der Waals surface area contributed by atoms with Crippen LogP contribution in [0.15, 0.2) is 30.6 Å². The fraction of sp³-hybridized carbons (Fsp3) is 0.476. The van der Waals surface area contributed by atoms with Gasteiger partial charge >= 0.3 is 0 Å². The van der Waals surface area contributed by atoms with E-state index in [2.05, 4.69) is 15.3 Å². The Kier molecular flexibility index (Phi) is 7.43. The Morgan fingerprint density at radius 2 is 2.03 bits per heavy atom. The number of nitrogens with one attached hydrogen (secondary N) is 1. The van der Waals surface area contributed by atoms with Crippen molar-refractivity contribution in [3.05, 3.63) is 36.2 Å². The second-order valence-corrected chi connectivity index (χ2v) is 7.20. The minimum atomic E-state index is -2.61. The van der Waals surface area contributed by atoms with Crippen molar-refractivity contribution in [1.82, 2.24) is 15.3 Å². The van der Waals surface area contributed by atoms with E-state index in [0.717, 1.165) is 17.7 Å². The van der Waals surface area contributed by atoms with E-state index in [1.165, 1.54) is 20.4 Å². The molecule has 10 heteroatoms. The van der Waals surface area contributed by atoms with Gasteiger partial charge in [-0.25, -0.2) is 13.8 Å². The van der Waals surface area contributed by atoms with Crippen LogP contribution < -0.4 is 24.4 Å². The molecule has 2 atom stereocenters. The molecule has 1 aromatic heterocycles. The standard InChI is InChI=1S/C21H26F2N4O4/c1-13(26-14(2)28)15-4-6-16(7-5-15)31-17-8-9-27(10-17)20-19(29-3)21(25-12-24-20)30-11-18(22)23/h4-7,12-13,17-18H,8-11H2,1-3H3,(H,26,28)/t13-,17+/m0/s1. The first-order chi connectivity index (χ1) is 14.9.